The Bertz CT molecular complexity index is 1630. The molecule has 1 aromatic heterocycles. The zero-order valence-electron chi connectivity index (χ0n) is 20.2. The molecule has 37 heavy (non-hydrogen) atoms. The third-order valence-electron chi connectivity index (χ3n) is 7.32. The van der Waals surface area contributed by atoms with Crippen molar-refractivity contribution in [2.45, 2.75) is 24.8 Å². The quantitative estimate of drug-likeness (QED) is 0.317. The molecule has 0 atom stereocenters. The second-order valence-electron chi connectivity index (χ2n) is 9.38. The highest BCUT2D eigenvalue weighted by molar-refractivity contribution is 6.31. The Hall–Kier alpha value is -3.68. The van der Waals surface area contributed by atoms with Gasteiger partial charge >= 0.3 is 11.7 Å². The maximum absolute atomic E-state index is 15.6. The van der Waals surface area contributed by atoms with Crippen LogP contribution in [0.2, 0.25) is 5.02 Å². The van der Waals surface area contributed by atoms with Crippen molar-refractivity contribution in [3.8, 4) is 5.69 Å². The van der Waals surface area contributed by atoms with Crippen LogP contribution in [-0.4, -0.2) is 35.4 Å². The van der Waals surface area contributed by atoms with Crippen molar-refractivity contribution in [3.05, 3.63) is 105 Å². The number of halogens is 2. The van der Waals surface area contributed by atoms with E-state index in [9.17, 15) is 9.59 Å². The summed E-state index contributed by atoms with van der Waals surface area (Å²) < 4.78 is 29.1. The highest BCUT2D eigenvalue weighted by Crippen LogP contribution is 2.51. The topological polar surface area (TPSA) is 62.5 Å². The van der Waals surface area contributed by atoms with E-state index < -0.39 is 17.3 Å². The van der Waals surface area contributed by atoms with Gasteiger partial charge in [0, 0.05) is 10.6 Å². The summed E-state index contributed by atoms with van der Waals surface area (Å²) in [5.74, 6) is -1.42. The number of hydrogen-bond acceptors (Lipinski definition) is 4. The number of fused-ring (bicyclic) bond motifs is 1. The summed E-state index contributed by atoms with van der Waals surface area (Å²) in [4.78, 5) is 26.2. The van der Waals surface area contributed by atoms with Crippen molar-refractivity contribution in [3.63, 3.8) is 0 Å². The first kappa shape index (κ1) is 23.7. The third kappa shape index (κ3) is 3.81. The second kappa shape index (κ2) is 9.01. The summed E-state index contributed by atoms with van der Waals surface area (Å²) in [5.41, 5.74) is 3.21. The Morgan fingerprint density at radius 2 is 1.86 bits per heavy atom. The number of esters is 1. The van der Waals surface area contributed by atoms with E-state index in [0.29, 0.717) is 53.4 Å². The summed E-state index contributed by atoms with van der Waals surface area (Å²) >= 11 is 6.35. The van der Waals surface area contributed by atoms with Crippen molar-refractivity contribution < 1.29 is 18.7 Å². The van der Waals surface area contributed by atoms with Gasteiger partial charge in [0.25, 0.3) is 0 Å². The van der Waals surface area contributed by atoms with Gasteiger partial charge in [0.05, 0.1) is 48.1 Å². The van der Waals surface area contributed by atoms with Crippen LogP contribution in [0, 0.1) is 5.82 Å². The van der Waals surface area contributed by atoms with Crippen molar-refractivity contribution in [1.82, 2.24) is 9.13 Å². The highest BCUT2D eigenvalue weighted by atomic mass is 35.5. The van der Waals surface area contributed by atoms with Crippen LogP contribution in [0.5, 0.6) is 0 Å². The number of carbonyl (C=O) groups is 1. The van der Waals surface area contributed by atoms with Crippen molar-refractivity contribution >= 4 is 34.2 Å². The van der Waals surface area contributed by atoms with E-state index >= 15 is 4.39 Å². The van der Waals surface area contributed by atoms with Gasteiger partial charge < -0.3 is 9.47 Å². The zero-order chi connectivity index (χ0) is 25.7. The molecule has 1 aliphatic carbocycles. The van der Waals surface area contributed by atoms with E-state index in [2.05, 4.69) is 6.08 Å². The summed E-state index contributed by atoms with van der Waals surface area (Å²) in [5, 5.41) is 0.492. The predicted octanol–water partition coefficient (Wildman–Crippen LogP) is 5.71. The van der Waals surface area contributed by atoms with Crippen molar-refractivity contribution in [2.24, 2.45) is 0 Å². The zero-order valence-corrected chi connectivity index (χ0v) is 20.9. The molecule has 2 aliphatic rings. The van der Waals surface area contributed by atoms with Crippen LogP contribution < -0.4 is 5.69 Å². The standard InChI is InChI=1S/C29H24ClFN2O4/c1-36-27(34)22-3-2-4-23(26(22)31)29(13-14-29)33-24-10-7-20(30)17-25(24)32(28(33)35)21-8-5-18(6-9-21)19-11-15-37-16-12-19/h2-11,17H,12-16H2,1H3. The maximum atomic E-state index is 15.6. The van der Waals surface area contributed by atoms with Crippen LogP contribution in [0.4, 0.5) is 4.39 Å². The number of methoxy groups -OCH3 is 1. The number of hydrogen-bond donors (Lipinski definition) is 0. The Morgan fingerprint density at radius 3 is 2.54 bits per heavy atom. The fourth-order valence-corrected chi connectivity index (χ4v) is 5.50. The summed E-state index contributed by atoms with van der Waals surface area (Å²) in [7, 11) is 1.22. The molecule has 1 saturated carbocycles. The smallest absolute Gasteiger partial charge is 0.340 e. The van der Waals surface area contributed by atoms with Gasteiger partial charge in [-0.3, -0.25) is 9.13 Å². The minimum absolute atomic E-state index is 0.149. The van der Waals surface area contributed by atoms with Crippen molar-refractivity contribution in [1.29, 1.82) is 0 Å². The molecule has 0 unspecified atom stereocenters. The fraction of sp³-hybridized carbons (Fsp3) is 0.241. The average molecular weight is 519 g/mol. The molecule has 0 spiro atoms. The SMILES string of the molecule is COC(=O)c1cccc(C2(n3c(=O)n(-c4ccc(C5=CCOCC5)cc4)c4cc(Cl)ccc43)CC2)c1F. The minimum Gasteiger partial charge on any atom is -0.465 e. The number of imidazole rings is 1. The van der Waals surface area contributed by atoms with Crippen LogP contribution >= 0.6 is 11.6 Å². The predicted molar refractivity (Wildman–Crippen MR) is 140 cm³/mol. The molecule has 0 N–H and O–H groups in total. The molecule has 1 aliphatic heterocycles. The van der Waals surface area contributed by atoms with Gasteiger partial charge in [0.1, 0.15) is 5.82 Å². The molecule has 0 saturated heterocycles. The van der Waals surface area contributed by atoms with Gasteiger partial charge in [-0.15, -0.1) is 0 Å². The number of rotatable bonds is 5. The van der Waals surface area contributed by atoms with Gasteiger partial charge in [-0.1, -0.05) is 41.9 Å². The van der Waals surface area contributed by atoms with E-state index in [1.54, 1.807) is 39.5 Å². The first-order chi connectivity index (χ1) is 17.9. The summed E-state index contributed by atoms with van der Waals surface area (Å²) in [6, 6.07) is 17.7. The Balaban J connectivity index is 1.53. The average Bonchev–Trinajstić information content (AvgIpc) is 3.66. The lowest BCUT2D eigenvalue weighted by Crippen LogP contribution is -2.33. The lowest BCUT2D eigenvalue weighted by atomic mass is 10.00. The summed E-state index contributed by atoms with van der Waals surface area (Å²) in [6.45, 7) is 1.28. The van der Waals surface area contributed by atoms with Crippen LogP contribution in [-0.2, 0) is 15.0 Å². The molecule has 2 heterocycles. The first-order valence-corrected chi connectivity index (χ1v) is 12.5. The first-order valence-electron chi connectivity index (χ1n) is 12.1. The van der Waals surface area contributed by atoms with Gasteiger partial charge in [0.15, 0.2) is 0 Å². The van der Waals surface area contributed by atoms with Gasteiger partial charge in [-0.25, -0.2) is 14.0 Å². The number of ether oxygens (including phenoxy) is 2. The van der Waals surface area contributed by atoms with E-state index in [0.717, 1.165) is 12.0 Å². The van der Waals surface area contributed by atoms with Gasteiger partial charge in [-0.2, -0.15) is 0 Å². The van der Waals surface area contributed by atoms with Crippen molar-refractivity contribution in [2.75, 3.05) is 20.3 Å². The maximum Gasteiger partial charge on any atom is 0.340 e. The molecule has 0 amide bonds. The Labute approximate surface area is 217 Å². The van der Waals surface area contributed by atoms with Crippen LogP contribution in [0.15, 0.2) is 71.5 Å². The largest absolute Gasteiger partial charge is 0.465 e. The monoisotopic (exact) mass is 518 g/mol. The lowest BCUT2D eigenvalue weighted by Gasteiger charge is -2.20. The van der Waals surface area contributed by atoms with Crippen LogP contribution in [0.1, 0.15) is 40.7 Å². The van der Waals surface area contributed by atoms with E-state index in [-0.39, 0.29) is 11.3 Å². The Kier molecular flexibility index (Phi) is 5.77. The molecular weight excluding hydrogens is 495 g/mol. The highest BCUT2D eigenvalue weighted by Gasteiger charge is 2.51. The van der Waals surface area contributed by atoms with Gasteiger partial charge in [-0.05, 0) is 66.8 Å². The molecular formula is C29H24ClFN2O4. The number of carbonyl (C=O) groups excluding carboxylic acids is 1. The van der Waals surface area contributed by atoms with E-state index in [4.69, 9.17) is 21.1 Å². The molecule has 6 nitrogen and oxygen atoms in total. The molecule has 0 radical (unpaired) electrons. The molecule has 188 valence electrons. The fourth-order valence-electron chi connectivity index (χ4n) is 5.34. The number of benzene rings is 3. The van der Waals surface area contributed by atoms with Gasteiger partial charge in [0.2, 0.25) is 0 Å². The molecule has 0 bridgehead atoms. The van der Waals surface area contributed by atoms with Crippen LogP contribution in [0.3, 0.4) is 0 Å². The summed E-state index contributed by atoms with van der Waals surface area (Å²) in [6.07, 6.45) is 4.04. The molecule has 8 heteroatoms. The number of nitrogens with zero attached hydrogens (tertiary/aromatic N) is 2. The molecule has 1 fully saturated rings. The van der Waals surface area contributed by atoms with E-state index in [1.165, 1.54) is 18.7 Å². The van der Waals surface area contributed by atoms with Crippen LogP contribution in [0.25, 0.3) is 22.3 Å². The molecule has 6 rings (SSSR count). The lowest BCUT2D eigenvalue weighted by molar-refractivity contribution is 0.0595. The molecule has 4 aromatic rings. The normalized spacial score (nSPS) is 16.5. The second-order valence-corrected chi connectivity index (χ2v) is 9.81. The van der Waals surface area contributed by atoms with E-state index in [1.807, 2.05) is 24.3 Å². The Morgan fingerprint density at radius 1 is 1.08 bits per heavy atom. The molecule has 3 aromatic carbocycles. The third-order valence-corrected chi connectivity index (χ3v) is 7.55. The number of aromatic nitrogens is 2. The minimum atomic E-state index is -0.907.